The first kappa shape index (κ1) is 28.8. The van der Waals surface area contributed by atoms with Crippen LogP contribution in [-0.2, 0) is 0 Å². The molecule has 3 heterocycles. The summed E-state index contributed by atoms with van der Waals surface area (Å²) in [6.45, 7) is 10.9. The average molecular weight is 589 g/mol. The van der Waals surface area contributed by atoms with E-state index in [4.69, 9.17) is 21.3 Å². The number of pyridine rings is 1. The quantitative estimate of drug-likeness (QED) is 0.268. The number of allylic oxidation sites excluding steroid dienone is 1. The summed E-state index contributed by atoms with van der Waals surface area (Å²) in [7, 11) is 0. The van der Waals surface area contributed by atoms with Crippen LogP contribution in [0.3, 0.4) is 0 Å². The number of halogens is 1. The Morgan fingerprint density at radius 3 is 2.54 bits per heavy atom. The van der Waals surface area contributed by atoms with Crippen molar-refractivity contribution in [1.29, 1.82) is 0 Å². The molecule has 0 radical (unpaired) electrons. The Bertz CT molecular complexity index is 1660. The van der Waals surface area contributed by atoms with Crippen molar-refractivity contribution in [1.82, 2.24) is 19.8 Å². The second kappa shape index (κ2) is 12.4. The number of rotatable bonds is 7. The van der Waals surface area contributed by atoms with Crippen LogP contribution in [0.15, 0.2) is 64.3 Å². The molecule has 0 unspecified atom stereocenters. The zero-order valence-electron chi connectivity index (χ0n) is 23.7. The number of hydrogen-bond acceptors (Lipinski definition) is 6. The normalized spacial score (nSPS) is 13.2. The van der Waals surface area contributed by atoms with Gasteiger partial charge >= 0.3 is 0 Å². The Labute approximate surface area is 249 Å². The predicted molar refractivity (Wildman–Crippen MR) is 168 cm³/mol. The second-order valence-corrected chi connectivity index (χ2v) is 11.5. The molecule has 41 heavy (non-hydrogen) atoms. The van der Waals surface area contributed by atoms with Crippen molar-refractivity contribution < 1.29 is 9.53 Å². The summed E-state index contributed by atoms with van der Waals surface area (Å²) in [5, 5.41) is 6.41. The fourth-order valence-corrected chi connectivity index (χ4v) is 5.84. The van der Waals surface area contributed by atoms with Gasteiger partial charge in [0.15, 0.2) is 0 Å². The standard InChI is InChI=1S/C32H33ClN4O3S/c1-5-40-29-11-6-21(4)17-28(29)37-27(16-20(2)3)24(31(38)36-14-12-34-13-15-36)18-25(32(37)39)30-35-26(19-41-30)22-7-9-23(33)10-8-22/h6-11,16-19,34H,5,12-15H2,1-4H3. The van der Waals surface area contributed by atoms with Crippen LogP contribution in [0, 0.1) is 6.92 Å². The molecule has 9 heteroatoms. The topological polar surface area (TPSA) is 76.5 Å². The predicted octanol–water partition coefficient (Wildman–Crippen LogP) is 6.46. The smallest absolute Gasteiger partial charge is 0.266 e. The van der Waals surface area contributed by atoms with E-state index in [1.807, 2.05) is 86.5 Å². The van der Waals surface area contributed by atoms with Gasteiger partial charge in [0, 0.05) is 42.1 Å². The summed E-state index contributed by atoms with van der Waals surface area (Å²) >= 11 is 7.46. The number of benzene rings is 2. The van der Waals surface area contributed by atoms with Gasteiger partial charge in [0.1, 0.15) is 10.8 Å². The van der Waals surface area contributed by atoms with Crippen LogP contribution in [0.4, 0.5) is 0 Å². The van der Waals surface area contributed by atoms with Crippen molar-refractivity contribution in [3.63, 3.8) is 0 Å². The first-order valence-corrected chi connectivity index (χ1v) is 14.9. The van der Waals surface area contributed by atoms with E-state index in [1.54, 1.807) is 10.6 Å². The van der Waals surface area contributed by atoms with Gasteiger partial charge in [-0.1, -0.05) is 35.4 Å². The Morgan fingerprint density at radius 2 is 1.85 bits per heavy atom. The minimum Gasteiger partial charge on any atom is -0.492 e. The molecule has 2 aromatic carbocycles. The van der Waals surface area contributed by atoms with Gasteiger partial charge in [-0.2, -0.15) is 0 Å². The Morgan fingerprint density at radius 1 is 1.12 bits per heavy atom. The minimum atomic E-state index is -0.266. The van der Waals surface area contributed by atoms with Crippen molar-refractivity contribution in [2.45, 2.75) is 27.7 Å². The average Bonchev–Trinajstić information content (AvgIpc) is 3.45. The maximum absolute atomic E-state index is 14.5. The van der Waals surface area contributed by atoms with Crippen LogP contribution >= 0.6 is 22.9 Å². The molecule has 1 aliphatic rings. The number of nitrogens with one attached hydrogen (secondary N) is 1. The highest BCUT2D eigenvalue weighted by Crippen LogP contribution is 2.32. The molecule has 0 aliphatic carbocycles. The molecule has 1 amide bonds. The van der Waals surface area contributed by atoms with Crippen molar-refractivity contribution in [3.05, 3.63) is 91.7 Å². The van der Waals surface area contributed by atoms with E-state index >= 15 is 0 Å². The zero-order chi connectivity index (χ0) is 29.1. The van der Waals surface area contributed by atoms with Crippen molar-refractivity contribution in [2.24, 2.45) is 0 Å². The number of piperazine rings is 1. The number of nitrogens with zero attached hydrogens (tertiary/aromatic N) is 3. The molecule has 2 aromatic heterocycles. The highest BCUT2D eigenvalue weighted by molar-refractivity contribution is 7.13. The van der Waals surface area contributed by atoms with Crippen LogP contribution in [0.25, 0.3) is 33.6 Å². The largest absolute Gasteiger partial charge is 0.492 e. The van der Waals surface area contributed by atoms with Crippen LogP contribution in [0.2, 0.25) is 5.02 Å². The molecular weight excluding hydrogens is 556 g/mol. The first-order chi connectivity index (χ1) is 19.8. The van der Waals surface area contributed by atoms with Crippen molar-refractivity contribution >= 4 is 34.9 Å². The molecular formula is C32H33ClN4O3S. The summed E-state index contributed by atoms with van der Waals surface area (Å²) < 4.78 is 7.61. The second-order valence-electron chi connectivity index (χ2n) is 10.2. The third-order valence-electron chi connectivity index (χ3n) is 6.83. The van der Waals surface area contributed by atoms with E-state index < -0.39 is 0 Å². The lowest BCUT2D eigenvalue weighted by Crippen LogP contribution is -2.47. The van der Waals surface area contributed by atoms with Crippen LogP contribution in [0.1, 0.15) is 42.4 Å². The van der Waals surface area contributed by atoms with Gasteiger partial charge in [-0.25, -0.2) is 4.98 Å². The van der Waals surface area contributed by atoms with Gasteiger partial charge < -0.3 is 15.0 Å². The molecule has 1 saturated heterocycles. The minimum absolute atomic E-state index is 0.117. The third-order valence-corrected chi connectivity index (χ3v) is 7.96. The van der Waals surface area contributed by atoms with E-state index in [2.05, 4.69) is 5.32 Å². The molecule has 1 aliphatic heterocycles. The number of aromatic nitrogens is 2. The fraction of sp³-hybridized carbons (Fsp3) is 0.281. The van der Waals surface area contributed by atoms with Gasteiger partial charge in [-0.3, -0.25) is 14.2 Å². The molecule has 1 fully saturated rings. The van der Waals surface area contributed by atoms with E-state index in [9.17, 15) is 9.59 Å². The SMILES string of the molecule is CCOc1ccc(C)cc1-n1c(C=C(C)C)c(C(=O)N2CCNCC2)cc(-c2nc(-c3ccc(Cl)cc3)cs2)c1=O. The van der Waals surface area contributed by atoms with E-state index in [-0.39, 0.29) is 11.5 Å². The van der Waals surface area contributed by atoms with Crippen LogP contribution in [-0.4, -0.2) is 53.1 Å². The third kappa shape index (κ3) is 6.15. The van der Waals surface area contributed by atoms with E-state index in [0.29, 0.717) is 58.0 Å². The number of aryl methyl sites for hydroxylation is 1. The maximum atomic E-state index is 14.5. The molecule has 7 nitrogen and oxygen atoms in total. The number of thiazole rings is 1. The monoisotopic (exact) mass is 588 g/mol. The summed E-state index contributed by atoms with van der Waals surface area (Å²) in [4.78, 5) is 35.3. The molecule has 0 atom stereocenters. The van der Waals surface area contributed by atoms with Gasteiger partial charge in [0.2, 0.25) is 0 Å². The Kier molecular flexibility index (Phi) is 8.73. The van der Waals surface area contributed by atoms with E-state index in [1.165, 1.54) is 11.3 Å². The maximum Gasteiger partial charge on any atom is 0.266 e. The number of hydrogen-bond donors (Lipinski definition) is 1. The number of carbonyl (C=O) groups is 1. The summed E-state index contributed by atoms with van der Waals surface area (Å²) in [5.74, 6) is 0.455. The Hall–Kier alpha value is -3.72. The number of carbonyl (C=O) groups excluding carboxylic acids is 1. The highest BCUT2D eigenvalue weighted by atomic mass is 35.5. The van der Waals surface area contributed by atoms with Gasteiger partial charge in [-0.15, -0.1) is 11.3 Å². The molecule has 4 aromatic rings. The summed E-state index contributed by atoms with van der Waals surface area (Å²) in [6.07, 6.45) is 1.90. The molecule has 0 spiro atoms. The molecule has 212 valence electrons. The molecule has 0 bridgehead atoms. The molecule has 0 saturated carbocycles. The van der Waals surface area contributed by atoms with Crippen LogP contribution in [0.5, 0.6) is 5.75 Å². The van der Waals surface area contributed by atoms with Crippen molar-refractivity contribution in [2.75, 3.05) is 32.8 Å². The van der Waals surface area contributed by atoms with Gasteiger partial charge in [-0.05, 0) is 69.7 Å². The highest BCUT2D eigenvalue weighted by Gasteiger charge is 2.27. The number of amides is 1. The first-order valence-electron chi connectivity index (χ1n) is 13.7. The number of ether oxygens (including phenoxy) is 1. The van der Waals surface area contributed by atoms with Gasteiger partial charge in [0.25, 0.3) is 11.5 Å². The Balaban J connectivity index is 1.80. The zero-order valence-corrected chi connectivity index (χ0v) is 25.2. The lowest BCUT2D eigenvalue weighted by molar-refractivity contribution is 0.0735. The summed E-state index contributed by atoms with van der Waals surface area (Å²) in [6, 6.07) is 14.9. The lowest BCUT2D eigenvalue weighted by atomic mass is 10.0. The molecule has 1 N–H and O–H groups in total. The fourth-order valence-electron chi connectivity index (χ4n) is 4.88. The summed E-state index contributed by atoms with van der Waals surface area (Å²) in [5.41, 5.74) is 5.24. The van der Waals surface area contributed by atoms with E-state index in [0.717, 1.165) is 35.5 Å². The van der Waals surface area contributed by atoms with Gasteiger partial charge in [0.05, 0.1) is 34.8 Å². The lowest BCUT2D eigenvalue weighted by Gasteiger charge is -2.29. The van der Waals surface area contributed by atoms with Crippen LogP contribution < -0.4 is 15.6 Å². The van der Waals surface area contributed by atoms with Crippen molar-refractivity contribution in [3.8, 4) is 33.3 Å². The molecule has 5 rings (SSSR count).